The fourth-order valence-electron chi connectivity index (χ4n) is 3.81. The van der Waals surface area contributed by atoms with Gasteiger partial charge >= 0.3 is 0 Å². The van der Waals surface area contributed by atoms with Crippen molar-refractivity contribution in [3.05, 3.63) is 56.8 Å². The SMILES string of the molecule is CNC(=O)c1ccc(CN(C)C(=O)c2cc3c(s2)CC[C@H](C(C)(C)C)C3)cc1. The molecule has 1 N–H and O–H groups in total. The van der Waals surface area contributed by atoms with Crippen LogP contribution >= 0.6 is 11.3 Å². The number of rotatable bonds is 4. The molecule has 0 fully saturated rings. The lowest BCUT2D eigenvalue weighted by Gasteiger charge is -2.33. The second-order valence-electron chi connectivity index (χ2n) is 8.80. The highest BCUT2D eigenvalue weighted by Gasteiger charge is 2.30. The van der Waals surface area contributed by atoms with Crippen LogP contribution in [0.3, 0.4) is 0 Å². The predicted octanol–water partition coefficient (Wildman–Crippen LogP) is 4.53. The third kappa shape index (κ3) is 4.46. The molecule has 0 bridgehead atoms. The predicted molar refractivity (Wildman–Crippen MR) is 115 cm³/mol. The number of carbonyl (C=O) groups excluding carboxylic acids is 2. The van der Waals surface area contributed by atoms with Crippen LogP contribution in [-0.2, 0) is 19.4 Å². The monoisotopic (exact) mass is 398 g/mol. The minimum Gasteiger partial charge on any atom is -0.355 e. The Bertz CT molecular complexity index is 862. The molecule has 0 saturated heterocycles. The van der Waals surface area contributed by atoms with Crippen LogP contribution in [0.25, 0.3) is 0 Å². The number of fused-ring (bicyclic) bond motifs is 1. The number of hydrogen-bond donors (Lipinski definition) is 1. The summed E-state index contributed by atoms with van der Waals surface area (Å²) in [6, 6.07) is 9.51. The lowest BCUT2D eigenvalue weighted by atomic mass is 9.72. The summed E-state index contributed by atoms with van der Waals surface area (Å²) in [6.07, 6.45) is 3.37. The Kier molecular flexibility index (Phi) is 5.94. The van der Waals surface area contributed by atoms with E-state index in [1.807, 2.05) is 19.2 Å². The van der Waals surface area contributed by atoms with E-state index in [-0.39, 0.29) is 11.8 Å². The van der Waals surface area contributed by atoms with E-state index >= 15 is 0 Å². The van der Waals surface area contributed by atoms with Gasteiger partial charge in [0.15, 0.2) is 0 Å². The van der Waals surface area contributed by atoms with Gasteiger partial charge in [0, 0.05) is 31.1 Å². The minimum atomic E-state index is -0.103. The second-order valence-corrected chi connectivity index (χ2v) is 9.94. The molecule has 2 aromatic rings. The molecule has 0 aliphatic heterocycles. The zero-order valence-electron chi connectivity index (χ0n) is 17.5. The van der Waals surface area contributed by atoms with Crippen molar-refractivity contribution in [1.82, 2.24) is 10.2 Å². The fraction of sp³-hybridized carbons (Fsp3) is 0.478. The zero-order chi connectivity index (χ0) is 20.5. The van der Waals surface area contributed by atoms with E-state index in [0.717, 1.165) is 23.3 Å². The lowest BCUT2D eigenvalue weighted by molar-refractivity contribution is 0.0789. The molecule has 28 heavy (non-hydrogen) atoms. The quantitative estimate of drug-likeness (QED) is 0.822. The van der Waals surface area contributed by atoms with E-state index in [2.05, 4.69) is 32.2 Å². The lowest BCUT2D eigenvalue weighted by Crippen LogP contribution is -2.26. The minimum absolute atomic E-state index is 0.0714. The summed E-state index contributed by atoms with van der Waals surface area (Å²) in [6.45, 7) is 7.46. The number of nitrogens with zero attached hydrogens (tertiary/aromatic N) is 1. The van der Waals surface area contributed by atoms with Gasteiger partial charge in [-0.1, -0.05) is 32.9 Å². The molecule has 0 spiro atoms. The van der Waals surface area contributed by atoms with Gasteiger partial charge in [0.1, 0.15) is 0 Å². The molecule has 1 aromatic heterocycles. The molecule has 0 unspecified atom stereocenters. The standard InChI is InChI=1S/C23H30N2O2S/c1-23(2,3)18-10-11-19-17(12-18)13-20(28-19)22(27)25(5)14-15-6-8-16(9-7-15)21(26)24-4/h6-9,13,18H,10-12,14H2,1-5H3,(H,24,26)/t18-/m0/s1. The number of aryl methyl sites for hydroxylation is 1. The van der Waals surface area contributed by atoms with E-state index in [1.54, 1.807) is 35.4 Å². The first-order valence-corrected chi connectivity index (χ1v) is 10.7. The van der Waals surface area contributed by atoms with Crippen LogP contribution in [0.4, 0.5) is 0 Å². The van der Waals surface area contributed by atoms with Gasteiger partial charge in [0.2, 0.25) is 0 Å². The van der Waals surface area contributed by atoms with Crippen LogP contribution in [0.1, 0.15) is 63.2 Å². The van der Waals surface area contributed by atoms with Crippen LogP contribution in [-0.4, -0.2) is 30.8 Å². The number of benzene rings is 1. The van der Waals surface area contributed by atoms with Gasteiger partial charge in [-0.25, -0.2) is 0 Å². The third-order valence-corrected chi connectivity index (χ3v) is 6.95. The van der Waals surface area contributed by atoms with Gasteiger partial charge in [0.25, 0.3) is 11.8 Å². The maximum atomic E-state index is 12.9. The van der Waals surface area contributed by atoms with E-state index in [9.17, 15) is 9.59 Å². The topological polar surface area (TPSA) is 49.4 Å². The van der Waals surface area contributed by atoms with Crippen molar-refractivity contribution in [2.45, 2.75) is 46.6 Å². The van der Waals surface area contributed by atoms with E-state index in [0.29, 0.717) is 23.4 Å². The molecule has 1 aromatic carbocycles. The molecular weight excluding hydrogens is 368 g/mol. The maximum absolute atomic E-state index is 12.9. The first-order chi connectivity index (χ1) is 13.2. The molecule has 1 atom stereocenters. The molecule has 4 nitrogen and oxygen atoms in total. The fourth-order valence-corrected chi connectivity index (χ4v) is 5.01. The summed E-state index contributed by atoms with van der Waals surface area (Å²) in [5.41, 5.74) is 3.31. The van der Waals surface area contributed by atoms with Crippen LogP contribution in [0.2, 0.25) is 0 Å². The van der Waals surface area contributed by atoms with Crippen LogP contribution in [0.5, 0.6) is 0 Å². The van der Waals surface area contributed by atoms with Crippen LogP contribution in [0, 0.1) is 11.3 Å². The van der Waals surface area contributed by atoms with Gasteiger partial charge in [-0.15, -0.1) is 11.3 Å². The normalized spacial score (nSPS) is 16.4. The Morgan fingerprint density at radius 3 is 2.50 bits per heavy atom. The summed E-state index contributed by atoms with van der Waals surface area (Å²) in [4.78, 5) is 28.6. The van der Waals surface area contributed by atoms with Gasteiger partial charge < -0.3 is 10.2 Å². The molecule has 3 rings (SSSR count). The van der Waals surface area contributed by atoms with E-state index in [1.165, 1.54) is 16.9 Å². The smallest absolute Gasteiger partial charge is 0.263 e. The number of thiophene rings is 1. The highest BCUT2D eigenvalue weighted by molar-refractivity contribution is 7.14. The number of amides is 2. The van der Waals surface area contributed by atoms with Crippen molar-refractivity contribution < 1.29 is 9.59 Å². The van der Waals surface area contributed by atoms with E-state index < -0.39 is 0 Å². The van der Waals surface area contributed by atoms with Crippen molar-refractivity contribution in [2.75, 3.05) is 14.1 Å². The summed E-state index contributed by atoms with van der Waals surface area (Å²) in [5, 5.41) is 2.62. The summed E-state index contributed by atoms with van der Waals surface area (Å²) in [7, 11) is 3.46. The van der Waals surface area contributed by atoms with Crippen molar-refractivity contribution in [3.63, 3.8) is 0 Å². The van der Waals surface area contributed by atoms with Crippen LogP contribution < -0.4 is 5.32 Å². The Hall–Kier alpha value is -2.14. The first-order valence-electron chi connectivity index (χ1n) is 9.87. The van der Waals surface area contributed by atoms with Crippen molar-refractivity contribution in [1.29, 1.82) is 0 Å². The van der Waals surface area contributed by atoms with Gasteiger partial charge in [0.05, 0.1) is 4.88 Å². The average molecular weight is 399 g/mol. The highest BCUT2D eigenvalue weighted by Crippen LogP contribution is 2.40. The van der Waals surface area contributed by atoms with Crippen molar-refractivity contribution >= 4 is 23.2 Å². The Morgan fingerprint density at radius 1 is 1.21 bits per heavy atom. The molecule has 0 saturated carbocycles. The Balaban J connectivity index is 1.68. The van der Waals surface area contributed by atoms with Gasteiger partial charge in [-0.05, 0) is 59.9 Å². The van der Waals surface area contributed by atoms with E-state index in [4.69, 9.17) is 0 Å². The maximum Gasteiger partial charge on any atom is 0.263 e. The summed E-state index contributed by atoms with van der Waals surface area (Å²) >= 11 is 1.66. The van der Waals surface area contributed by atoms with Gasteiger partial charge in [-0.3, -0.25) is 9.59 Å². The molecule has 1 aliphatic rings. The highest BCUT2D eigenvalue weighted by atomic mass is 32.1. The van der Waals surface area contributed by atoms with Gasteiger partial charge in [-0.2, -0.15) is 0 Å². The van der Waals surface area contributed by atoms with Crippen molar-refractivity contribution in [2.24, 2.45) is 11.3 Å². The molecule has 5 heteroatoms. The summed E-state index contributed by atoms with van der Waals surface area (Å²) < 4.78 is 0. The molecular formula is C23H30N2O2S. The molecule has 150 valence electrons. The summed E-state index contributed by atoms with van der Waals surface area (Å²) in [5.74, 6) is 0.643. The van der Waals surface area contributed by atoms with Crippen molar-refractivity contribution in [3.8, 4) is 0 Å². The number of carbonyl (C=O) groups is 2. The van der Waals surface area contributed by atoms with Crippen LogP contribution in [0.15, 0.2) is 30.3 Å². The Morgan fingerprint density at radius 2 is 1.89 bits per heavy atom. The largest absolute Gasteiger partial charge is 0.355 e. The second kappa shape index (κ2) is 8.08. The number of hydrogen-bond acceptors (Lipinski definition) is 3. The Labute approximate surface area is 172 Å². The third-order valence-electron chi connectivity index (χ3n) is 5.73. The molecule has 1 heterocycles. The molecule has 1 aliphatic carbocycles. The molecule has 0 radical (unpaired) electrons. The first kappa shape index (κ1) is 20.6. The number of nitrogens with one attached hydrogen (secondary N) is 1. The zero-order valence-corrected chi connectivity index (χ0v) is 18.3. The molecule has 2 amide bonds. The average Bonchev–Trinajstić information content (AvgIpc) is 3.09.